The van der Waals surface area contributed by atoms with Gasteiger partial charge in [-0.1, -0.05) is 0 Å². The van der Waals surface area contributed by atoms with E-state index in [0.29, 0.717) is 0 Å². The van der Waals surface area contributed by atoms with Crippen LogP contribution in [-0.2, 0) is 16.4 Å². The van der Waals surface area contributed by atoms with Crippen LogP contribution >= 0.6 is 0 Å². The molecule has 0 aromatic rings. The summed E-state index contributed by atoms with van der Waals surface area (Å²) in [6.07, 6.45) is 0. The Morgan fingerprint density at radius 2 is 0.600 bits per heavy atom. The molecule has 39 valence electrons. The van der Waals surface area contributed by atoms with Gasteiger partial charge in [0.25, 0.3) is 0 Å². The van der Waals surface area contributed by atoms with Crippen molar-refractivity contribution in [1.82, 2.24) is 0 Å². The summed E-state index contributed by atoms with van der Waals surface area (Å²) in [5, 5.41) is 0. The second-order valence-corrected chi connectivity index (χ2v) is 0. The van der Waals surface area contributed by atoms with Gasteiger partial charge in [0.15, 0.2) is 0 Å². The molecule has 0 saturated heterocycles. The fourth-order valence-electron chi connectivity index (χ4n) is 0. The first-order chi connectivity index (χ1) is 0. The molecule has 0 atom stereocenters. The summed E-state index contributed by atoms with van der Waals surface area (Å²) in [5.74, 6) is 0. The van der Waals surface area contributed by atoms with Crippen LogP contribution in [-0.4, -0.2) is 0 Å². The first-order valence-corrected chi connectivity index (χ1v) is 0. The molecule has 0 rings (SSSR count). The Morgan fingerprint density at radius 1 is 0.600 bits per heavy atom. The number of hydrogen-bond donors (Lipinski definition) is 0. The van der Waals surface area contributed by atoms with Crippen LogP contribution < -0.4 is 0 Å². The van der Waals surface area contributed by atoms with Gasteiger partial charge < -0.3 is 16.4 Å². The van der Waals surface area contributed by atoms with Gasteiger partial charge in [-0.05, 0) is 0 Å². The summed E-state index contributed by atoms with van der Waals surface area (Å²) >= 11 is 0. The molecule has 5 heteroatoms. The zero-order valence-electron chi connectivity index (χ0n) is 1.89. The van der Waals surface area contributed by atoms with Gasteiger partial charge in [-0.3, -0.25) is 0 Å². The van der Waals surface area contributed by atoms with Crippen molar-refractivity contribution >= 4 is 0 Å². The van der Waals surface area contributed by atoms with E-state index in [2.05, 4.69) is 0 Å². The fraction of sp³-hybridized carbons (Fsp3) is 0. The van der Waals surface area contributed by atoms with Crippen molar-refractivity contribution in [3.63, 3.8) is 0 Å². The van der Waals surface area contributed by atoms with E-state index in [4.69, 9.17) is 0 Å². The van der Waals surface area contributed by atoms with Gasteiger partial charge in [-0.15, -0.1) is 0 Å². The molecule has 0 saturated carbocycles. The SMILES string of the molecule is [Lu+3].[O-2].[O-2].[O-2].[Sm+3]. The molecule has 0 aromatic carbocycles. The Morgan fingerprint density at radius 3 is 0.600 bits per heavy atom. The fourth-order valence-corrected chi connectivity index (χ4v) is 0. The zero-order valence-corrected chi connectivity index (χ0v) is 6.17. The van der Waals surface area contributed by atoms with Crippen molar-refractivity contribution < 1.29 is 93.7 Å². The maximum absolute atomic E-state index is 0. The second-order valence-electron chi connectivity index (χ2n) is 0. The van der Waals surface area contributed by atoms with Crippen LogP contribution in [0.3, 0.4) is 0 Å². The molecule has 5 heavy (non-hydrogen) atoms. The summed E-state index contributed by atoms with van der Waals surface area (Å²) < 4.78 is 0. The van der Waals surface area contributed by atoms with Crippen LogP contribution in [0.15, 0.2) is 0 Å². The molecular formula is LuO3Sm. The van der Waals surface area contributed by atoms with Gasteiger partial charge in [0, 0.05) is 0 Å². The van der Waals surface area contributed by atoms with Crippen LogP contribution in [0.4, 0.5) is 0 Å². The monoisotopic (exact) mass is 375 g/mol. The van der Waals surface area contributed by atoms with Crippen LogP contribution in [0, 0.1) is 77.3 Å². The van der Waals surface area contributed by atoms with Crippen LogP contribution in [0.25, 0.3) is 0 Å². The van der Waals surface area contributed by atoms with Crippen molar-refractivity contribution in [2.24, 2.45) is 0 Å². The first-order valence-electron chi connectivity index (χ1n) is 0. The van der Waals surface area contributed by atoms with Crippen molar-refractivity contribution in [3.8, 4) is 0 Å². The van der Waals surface area contributed by atoms with Crippen molar-refractivity contribution in [3.05, 3.63) is 0 Å². The van der Waals surface area contributed by atoms with E-state index in [0.717, 1.165) is 0 Å². The molecule has 3 nitrogen and oxygen atoms in total. The van der Waals surface area contributed by atoms with Gasteiger partial charge in [0.05, 0.1) is 0 Å². The molecule has 0 spiro atoms. The van der Waals surface area contributed by atoms with Crippen LogP contribution in [0.2, 0.25) is 0 Å². The third-order valence-corrected chi connectivity index (χ3v) is 0. The Hall–Kier alpha value is 2.45. The Bertz CT molecular complexity index is 6.85. The van der Waals surface area contributed by atoms with Gasteiger partial charge in [-0.2, -0.15) is 0 Å². The van der Waals surface area contributed by atoms with Crippen molar-refractivity contribution in [1.29, 1.82) is 0 Å². The third-order valence-electron chi connectivity index (χ3n) is 0. The topological polar surface area (TPSA) is 85.5 Å². The molecule has 0 fully saturated rings. The maximum atomic E-state index is 0. The minimum atomic E-state index is 0. The van der Waals surface area contributed by atoms with E-state index >= 15 is 0 Å². The summed E-state index contributed by atoms with van der Waals surface area (Å²) in [5.41, 5.74) is 0. The maximum Gasteiger partial charge on any atom is 3.00 e. The van der Waals surface area contributed by atoms with Crippen molar-refractivity contribution in [2.45, 2.75) is 0 Å². The van der Waals surface area contributed by atoms with E-state index in [1.807, 2.05) is 0 Å². The Balaban J connectivity index is 0. The molecule has 0 N–H and O–H groups in total. The largest absolute Gasteiger partial charge is 3.00 e. The van der Waals surface area contributed by atoms with Gasteiger partial charge >= 0.3 is 77.3 Å². The predicted octanol–water partition coefficient (Wildman–Crippen LogP) is -0.356. The molecule has 1 radical (unpaired) electrons. The molecule has 0 heterocycles. The minimum absolute atomic E-state index is 0. The molecule has 0 aliphatic carbocycles. The van der Waals surface area contributed by atoms with Gasteiger partial charge in [-0.25, -0.2) is 0 Å². The molecule has 0 bridgehead atoms. The third kappa shape index (κ3) is 21.3. The van der Waals surface area contributed by atoms with E-state index in [1.54, 1.807) is 0 Å². The van der Waals surface area contributed by atoms with E-state index in [1.165, 1.54) is 0 Å². The van der Waals surface area contributed by atoms with Crippen LogP contribution in [0.5, 0.6) is 0 Å². The Labute approximate surface area is 91.7 Å². The summed E-state index contributed by atoms with van der Waals surface area (Å²) in [6.45, 7) is 0. The first kappa shape index (κ1) is 51.6. The van der Waals surface area contributed by atoms with Gasteiger partial charge in [0.2, 0.25) is 0 Å². The summed E-state index contributed by atoms with van der Waals surface area (Å²) in [7, 11) is 0. The molecular weight excluding hydrogens is 373 g/mol. The summed E-state index contributed by atoms with van der Waals surface area (Å²) in [6, 6.07) is 0. The standard InChI is InChI=1S/Lu.3O.Sm/q+3;3*-2;+3. The number of rotatable bonds is 0. The van der Waals surface area contributed by atoms with E-state index < -0.39 is 0 Å². The van der Waals surface area contributed by atoms with Crippen LogP contribution in [0.1, 0.15) is 0 Å². The normalized spacial score (nSPS) is 0. The molecule has 0 aliphatic rings. The molecule has 0 unspecified atom stereocenters. The molecule has 0 aromatic heterocycles. The predicted molar refractivity (Wildman–Crippen MR) is 2.06 cm³/mol. The average molecular weight is 373 g/mol. The minimum Gasteiger partial charge on any atom is -2.00 e. The quantitative estimate of drug-likeness (QED) is 0.556. The van der Waals surface area contributed by atoms with Gasteiger partial charge in [0.1, 0.15) is 0 Å². The smallest absolute Gasteiger partial charge is 2.00 e. The Kier molecular flexibility index (Phi) is 329. The second kappa shape index (κ2) is 31.9. The van der Waals surface area contributed by atoms with Crippen molar-refractivity contribution in [2.75, 3.05) is 0 Å². The molecule has 0 amide bonds. The average Bonchev–Trinajstić information content (AvgIpc) is 0. The number of hydrogen-bond acceptors (Lipinski definition) is 0. The summed E-state index contributed by atoms with van der Waals surface area (Å²) in [4.78, 5) is 0. The zero-order chi connectivity index (χ0) is 0. The van der Waals surface area contributed by atoms with E-state index in [-0.39, 0.29) is 93.7 Å². The van der Waals surface area contributed by atoms with E-state index in [9.17, 15) is 0 Å². The molecule has 0 aliphatic heterocycles.